The summed E-state index contributed by atoms with van der Waals surface area (Å²) in [6.45, 7) is 2.16. The van der Waals surface area contributed by atoms with Crippen LogP contribution in [0.25, 0.3) is 38.3 Å². The predicted molar refractivity (Wildman–Crippen MR) is 272 cm³/mol. The first kappa shape index (κ1) is 36.4. The Morgan fingerprint density at radius 2 is 0.828 bits per heavy atom. The zero-order chi connectivity index (χ0) is 42.3. The van der Waals surface area contributed by atoms with Gasteiger partial charge in [0.15, 0.2) is 0 Å². The third-order valence-corrected chi connectivity index (χ3v) is 13.3. The lowest BCUT2D eigenvalue weighted by atomic mass is 9.32. The molecule has 2 aliphatic rings. The van der Waals surface area contributed by atoms with E-state index in [2.05, 4.69) is 257 Å². The molecule has 1 aromatic heterocycles. The van der Waals surface area contributed by atoms with E-state index < -0.39 is 0 Å². The molecule has 300 valence electrons. The summed E-state index contributed by atoms with van der Waals surface area (Å²) in [5.74, 6) is 0. The first-order valence-electron chi connectivity index (χ1n) is 22.1. The standard InChI is InChI=1S/C59H41BN4/c1-40-35-55-59-56(36-40)64(45-29-15-6-16-30-45)57-39-52(61(41-21-7-2-8-22-41)42-23-9-3-10-24-42)46-31-17-18-33-48(46)58(57)60(59)50-37-49-47-32-19-20-34-51(47)62(43-25-11-4-12-26-43)53(49)38-54(50)63(55)44-27-13-5-14-28-44/h2-39H,1H3. The molecule has 0 saturated heterocycles. The minimum Gasteiger partial charge on any atom is -0.311 e. The van der Waals surface area contributed by atoms with E-state index in [1.807, 2.05) is 0 Å². The third kappa shape index (κ3) is 5.44. The molecular formula is C59H41BN4. The van der Waals surface area contributed by atoms with Crippen molar-refractivity contribution in [2.24, 2.45) is 0 Å². The maximum Gasteiger partial charge on any atom is 0.252 e. The fourth-order valence-corrected chi connectivity index (χ4v) is 10.8. The molecule has 4 nitrogen and oxygen atoms in total. The Morgan fingerprint density at radius 1 is 0.359 bits per heavy atom. The van der Waals surface area contributed by atoms with Crippen LogP contribution >= 0.6 is 0 Å². The van der Waals surface area contributed by atoms with E-state index in [-0.39, 0.29) is 6.71 Å². The number of fused-ring (bicyclic) bond motifs is 9. The van der Waals surface area contributed by atoms with Gasteiger partial charge in [0, 0.05) is 67.3 Å². The van der Waals surface area contributed by atoms with Crippen LogP contribution in [-0.2, 0) is 0 Å². The summed E-state index contributed by atoms with van der Waals surface area (Å²) in [7, 11) is 0. The van der Waals surface area contributed by atoms with E-state index in [0.29, 0.717) is 0 Å². The number of aryl methyl sites for hydroxylation is 1. The van der Waals surface area contributed by atoms with E-state index in [1.54, 1.807) is 0 Å². The monoisotopic (exact) mass is 816 g/mol. The summed E-state index contributed by atoms with van der Waals surface area (Å²) in [6.07, 6.45) is 0. The van der Waals surface area contributed by atoms with Crippen LogP contribution < -0.4 is 31.1 Å². The van der Waals surface area contributed by atoms with E-state index in [1.165, 1.54) is 77.3 Å². The van der Waals surface area contributed by atoms with Gasteiger partial charge in [0.05, 0.1) is 16.7 Å². The smallest absolute Gasteiger partial charge is 0.252 e. The van der Waals surface area contributed by atoms with Crippen LogP contribution in [0, 0.1) is 6.92 Å². The topological polar surface area (TPSA) is 14.7 Å². The second-order valence-corrected chi connectivity index (χ2v) is 17.0. The third-order valence-electron chi connectivity index (χ3n) is 13.3. The summed E-state index contributed by atoms with van der Waals surface area (Å²) < 4.78 is 2.45. The van der Waals surface area contributed by atoms with Crippen molar-refractivity contribution >= 4 is 107 Å². The second-order valence-electron chi connectivity index (χ2n) is 17.0. The van der Waals surface area contributed by atoms with Crippen LogP contribution in [0.5, 0.6) is 0 Å². The largest absolute Gasteiger partial charge is 0.311 e. The summed E-state index contributed by atoms with van der Waals surface area (Å²) in [5.41, 5.74) is 19.0. The lowest BCUT2D eigenvalue weighted by Crippen LogP contribution is -2.61. The van der Waals surface area contributed by atoms with Gasteiger partial charge in [-0.05, 0) is 125 Å². The molecule has 0 bridgehead atoms. The quantitative estimate of drug-likeness (QED) is 0.155. The highest BCUT2D eigenvalue weighted by molar-refractivity contribution is 7.01. The van der Waals surface area contributed by atoms with Crippen LogP contribution in [-0.4, -0.2) is 11.3 Å². The highest BCUT2D eigenvalue weighted by Gasteiger charge is 2.45. The summed E-state index contributed by atoms with van der Waals surface area (Å²) in [6, 6.07) is 84.6. The normalized spacial score (nSPS) is 12.7. The summed E-state index contributed by atoms with van der Waals surface area (Å²) >= 11 is 0. The Labute approximate surface area is 373 Å². The molecule has 3 heterocycles. The van der Waals surface area contributed by atoms with E-state index >= 15 is 0 Å². The number of rotatable bonds is 6. The van der Waals surface area contributed by atoms with Crippen molar-refractivity contribution in [3.8, 4) is 5.69 Å². The number of anilines is 9. The molecule has 10 aromatic carbocycles. The zero-order valence-electron chi connectivity index (χ0n) is 35.3. The zero-order valence-corrected chi connectivity index (χ0v) is 35.3. The van der Waals surface area contributed by atoms with Crippen molar-refractivity contribution in [2.75, 3.05) is 14.7 Å². The number of para-hydroxylation sites is 6. The van der Waals surface area contributed by atoms with E-state index in [4.69, 9.17) is 0 Å². The van der Waals surface area contributed by atoms with Gasteiger partial charge in [0.25, 0.3) is 6.71 Å². The van der Waals surface area contributed by atoms with Gasteiger partial charge in [-0.15, -0.1) is 0 Å². The first-order valence-corrected chi connectivity index (χ1v) is 22.1. The van der Waals surface area contributed by atoms with Crippen LogP contribution in [0.2, 0.25) is 0 Å². The van der Waals surface area contributed by atoms with E-state index in [0.717, 1.165) is 34.1 Å². The van der Waals surface area contributed by atoms with Crippen molar-refractivity contribution in [1.29, 1.82) is 0 Å². The number of hydrogen-bond donors (Lipinski definition) is 0. The maximum absolute atomic E-state index is 2.54. The van der Waals surface area contributed by atoms with Gasteiger partial charge >= 0.3 is 0 Å². The Morgan fingerprint density at radius 3 is 1.42 bits per heavy atom. The molecule has 5 heteroatoms. The Kier molecular flexibility index (Phi) is 8.19. The average Bonchev–Trinajstić information content (AvgIpc) is 3.68. The molecule has 13 rings (SSSR count). The fourth-order valence-electron chi connectivity index (χ4n) is 10.8. The molecule has 11 aromatic rings. The van der Waals surface area contributed by atoms with Crippen molar-refractivity contribution in [2.45, 2.75) is 6.92 Å². The Bertz CT molecular complexity index is 3530. The molecule has 0 fully saturated rings. The minimum absolute atomic E-state index is 0.0837. The lowest BCUT2D eigenvalue weighted by Gasteiger charge is -2.45. The molecule has 0 radical (unpaired) electrons. The van der Waals surface area contributed by atoms with Crippen LogP contribution in [0.3, 0.4) is 0 Å². The molecule has 0 spiro atoms. The molecule has 64 heavy (non-hydrogen) atoms. The van der Waals surface area contributed by atoms with Gasteiger partial charge in [-0.2, -0.15) is 0 Å². The molecule has 0 aliphatic carbocycles. The first-order chi connectivity index (χ1) is 31.7. The summed E-state index contributed by atoms with van der Waals surface area (Å²) in [4.78, 5) is 7.49. The van der Waals surface area contributed by atoms with Crippen molar-refractivity contribution in [3.05, 3.63) is 236 Å². The molecular weight excluding hydrogens is 775 g/mol. The highest BCUT2D eigenvalue weighted by atomic mass is 15.2. The summed E-state index contributed by atoms with van der Waals surface area (Å²) in [5, 5.41) is 4.93. The van der Waals surface area contributed by atoms with Crippen LogP contribution in [0.15, 0.2) is 231 Å². The molecule has 0 N–H and O–H groups in total. The van der Waals surface area contributed by atoms with Gasteiger partial charge in [-0.25, -0.2) is 0 Å². The maximum atomic E-state index is 2.54. The number of benzene rings is 10. The molecule has 0 amide bonds. The predicted octanol–water partition coefficient (Wildman–Crippen LogP) is 13.8. The average molecular weight is 817 g/mol. The highest BCUT2D eigenvalue weighted by Crippen LogP contribution is 2.49. The van der Waals surface area contributed by atoms with Gasteiger partial charge in [-0.1, -0.05) is 140 Å². The molecule has 0 atom stereocenters. The Balaban J connectivity index is 1.19. The number of aromatic nitrogens is 1. The van der Waals surface area contributed by atoms with E-state index in [9.17, 15) is 0 Å². The van der Waals surface area contributed by atoms with Crippen LogP contribution in [0.1, 0.15) is 5.56 Å². The lowest BCUT2D eigenvalue weighted by molar-refractivity contribution is 1.18. The van der Waals surface area contributed by atoms with Crippen molar-refractivity contribution in [3.63, 3.8) is 0 Å². The van der Waals surface area contributed by atoms with Crippen molar-refractivity contribution < 1.29 is 0 Å². The Hall–Kier alpha value is -8.28. The fraction of sp³-hybridized carbons (Fsp3) is 0.0169. The van der Waals surface area contributed by atoms with Gasteiger partial charge in [-0.3, -0.25) is 0 Å². The van der Waals surface area contributed by atoms with Gasteiger partial charge < -0.3 is 19.3 Å². The number of nitrogens with zero attached hydrogens (tertiary/aromatic N) is 4. The van der Waals surface area contributed by atoms with Crippen molar-refractivity contribution in [1.82, 2.24) is 4.57 Å². The van der Waals surface area contributed by atoms with Gasteiger partial charge in [0.1, 0.15) is 0 Å². The molecule has 0 saturated carbocycles. The minimum atomic E-state index is -0.0837. The van der Waals surface area contributed by atoms with Gasteiger partial charge in [0.2, 0.25) is 0 Å². The van der Waals surface area contributed by atoms with Crippen LogP contribution in [0.4, 0.5) is 51.2 Å². The SMILES string of the molecule is Cc1cc2c3c(c1)N(c1ccccc1)c1cc(N(c4ccccc4)c4ccccc4)c4ccccc4c1B3c1cc3c4ccccc4n(-c4ccccc4)c3cc1N2c1ccccc1. The molecule has 2 aliphatic heterocycles. The second kappa shape index (κ2) is 14.4. The molecule has 0 unspecified atom stereocenters. The number of hydrogen-bond acceptors (Lipinski definition) is 3.